The highest BCUT2D eigenvalue weighted by Gasteiger charge is 2.31. The molecule has 2 aliphatic carbocycles. The third-order valence-electron chi connectivity index (χ3n) is 3.93. The van der Waals surface area contributed by atoms with Crippen LogP contribution in [0.1, 0.15) is 39.5 Å². The van der Waals surface area contributed by atoms with Crippen molar-refractivity contribution in [3.63, 3.8) is 0 Å². The lowest BCUT2D eigenvalue weighted by Gasteiger charge is -2.16. The maximum absolute atomic E-state index is 2.41. The predicted octanol–water partition coefficient (Wildman–Crippen LogP) is 3.95. The summed E-state index contributed by atoms with van der Waals surface area (Å²) < 4.78 is 0. The largest absolute Gasteiger partial charge is 0.0839 e. The zero-order valence-corrected chi connectivity index (χ0v) is 8.79. The van der Waals surface area contributed by atoms with E-state index in [1.165, 1.54) is 25.7 Å². The average Bonchev–Trinajstić information content (AvgIpc) is 2.59. The van der Waals surface area contributed by atoms with Crippen LogP contribution in [-0.4, -0.2) is 0 Å². The number of hydrogen-bond acceptors (Lipinski definition) is 0. The van der Waals surface area contributed by atoms with Crippen LogP contribution in [0, 0.1) is 17.8 Å². The Kier molecular flexibility index (Phi) is 2.57. The Morgan fingerprint density at radius 2 is 2.38 bits per heavy atom. The molecule has 3 unspecified atom stereocenters. The molecule has 0 heteroatoms. The van der Waals surface area contributed by atoms with Crippen molar-refractivity contribution in [3.8, 4) is 0 Å². The predicted molar refractivity (Wildman–Crippen MR) is 57.5 cm³/mol. The smallest absolute Gasteiger partial charge is 0.0162 e. The van der Waals surface area contributed by atoms with E-state index < -0.39 is 0 Å². The molecule has 0 radical (unpaired) electrons. The molecule has 0 bridgehead atoms. The monoisotopic (exact) mass is 176 g/mol. The minimum atomic E-state index is 0.906. The molecule has 0 aromatic rings. The summed E-state index contributed by atoms with van der Waals surface area (Å²) in [6.45, 7) is 4.73. The van der Waals surface area contributed by atoms with Crippen molar-refractivity contribution in [2.24, 2.45) is 17.8 Å². The number of rotatable bonds is 2. The molecule has 3 atom stereocenters. The highest BCUT2D eigenvalue weighted by Crippen LogP contribution is 2.43. The van der Waals surface area contributed by atoms with Crippen LogP contribution >= 0.6 is 0 Å². The van der Waals surface area contributed by atoms with Gasteiger partial charge in [0.2, 0.25) is 0 Å². The van der Waals surface area contributed by atoms with Crippen LogP contribution in [0.4, 0.5) is 0 Å². The lowest BCUT2D eigenvalue weighted by molar-refractivity contribution is 0.345. The molecule has 0 aromatic heterocycles. The molecular weight excluding hydrogens is 156 g/mol. The van der Waals surface area contributed by atoms with Gasteiger partial charge in [0.05, 0.1) is 0 Å². The van der Waals surface area contributed by atoms with E-state index in [2.05, 4.69) is 32.1 Å². The van der Waals surface area contributed by atoms with Crippen molar-refractivity contribution < 1.29 is 0 Å². The molecule has 0 aliphatic heterocycles. The molecule has 1 saturated carbocycles. The zero-order chi connectivity index (χ0) is 9.26. The summed E-state index contributed by atoms with van der Waals surface area (Å²) in [5.74, 6) is 2.80. The summed E-state index contributed by atoms with van der Waals surface area (Å²) in [6, 6.07) is 0. The number of fused-ring (bicyclic) bond motifs is 1. The summed E-state index contributed by atoms with van der Waals surface area (Å²) in [4.78, 5) is 0. The molecule has 0 aromatic carbocycles. The van der Waals surface area contributed by atoms with E-state index in [4.69, 9.17) is 0 Å². The van der Waals surface area contributed by atoms with Crippen molar-refractivity contribution in [2.75, 3.05) is 0 Å². The molecule has 0 heterocycles. The van der Waals surface area contributed by atoms with E-state index in [0.29, 0.717) is 0 Å². The van der Waals surface area contributed by atoms with Gasteiger partial charge in [-0.25, -0.2) is 0 Å². The Morgan fingerprint density at radius 3 is 3.08 bits per heavy atom. The lowest BCUT2D eigenvalue weighted by Crippen LogP contribution is -2.06. The molecule has 0 nitrogen and oxygen atoms in total. The molecule has 72 valence electrons. The number of hydrogen-bond donors (Lipinski definition) is 0. The van der Waals surface area contributed by atoms with E-state index in [1.54, 1.807) is 5.57 Å². The van der Waals surface area contributed by atoms with Crippen LogP contribution in [0.3, 0.4) is 0 Å². The van der Waals surface area contributed by atoms with Gasteiger partial charge in [0.15, 0.2) is 0 Å². The van der Waals surface area contributed by atoms with Gasteiger partial charge >= 0.3 is 0 Å². The van der Waals surface area contributed by atoms with Crippen molar-refractivity contribution in [2.45, 2.75) is 39.5 Å². The van der Waals surface area contributed by atoms with Crippen LogP contribution in [0.15, 0.2) is 23.8 Å². The number of allylic oxidation sites excluding steroid dienone is 4. The van der Waals surface area contributed by atoms with Crippen LogP contribution in [-0.2, 0) is 0 Å². The minimum absolute atomic E-state index is 0.906. The molecule has 1 fully saturated rings. The highest BCUT2D eigenvalue weighted by atomic mass is 14.4. The van der Waals surface area contributed by atoms with Gasteiger partial charge in [-0.2, -0.15) is 0 Å². The van der Waals surface area contributed by atoms with Gasteiger partial charge in [-0.05, 0) is 37.0 Å². The Labute approximate surface area is 81.7 Å². The fourth-order valence-electron chi connectivity index (χ4n) is 2.72. The van der Waals surface area contributed by atoms with Gasteiger partial charge < -0.3 is 0 Å². The van der Waals surface area contributed by atoms with Crippen molar-refractivity contribution in [3.05, 3.63) is 23.8 Å². The fraction of sp³-hybridized carbons (Fsp3) is 0.692. The second-order valence-corrected chi connectivity index (χ2v) is 4.69. The van der Waals surface area contributed by atoms with Gasteiger partial charge in [-0.15, -0.1) is 0 Å². The molecule has 0 saturated heterocycles. The van der Waals surface area contributed by atoms with Gasteiger partial charge in [-0.1, -0.05) is 44.1 Å². The summed E-state index contributed by atoms with van der Waals surface area (Å²) in [7, 11) is 0. The van der Waals surface area contributed by atoms with Crippen molar-refractivity contribution in [1.82, 2.24) is 0 Å². The van der Waals surface area contributed by atoms with Crippen LogP contribution < -0.4 is 0 Å². The van der Waals surface area contributed by atoms with Crippen LogP contribution in [0.25, 0.3) is 0 Å². The van der Waals surface area contributed by atoms with E-state index in [1.807, 2.05) is 0 Å². The van der Waals surface area contributed by atoms with Crippen molar-refractivity contribution >= 4 is 0 Å². The Balaban J connectivity index is 2.02. The summed E-state index contributed by atoms with van der Waals surface area (Å²) >= 11 is 0. The molecule has 0 amide bonds. The summed E-state index contributed by atoms with van der Waals surface area (Å²) in [6.07, 6.45) is 12.4. The van der Waals surface area contributed by atoms with E-state index in [0.717, 1.165) is 17.8 Å². The van der Waals surface area contributed by atoms with E-state index in [-0.39, 0.29) is 0 Å². The SMILES string of the molecule is CCC(C)C1CC2=CC=CCC2C1. The van der Waals surface area contributed by atoms with Gasteiger partial charge in [-0.3, -0.25) is 0 Å². The molecule has 2 aliphatic rings. The quantitative estimate of drug-likeness (QED) is 0.597. The van der Waals surface area contributed by atoms with Gasteiger partial charge in [0, 0.05) is 0 Å². The zero-order valence-electron chi connectivity index (χ0n) is 8.79. The maximum atomic E-state index is 2.41. The topological polar surface area (TPSA) is 0 Å². The summed E-state index contributed by atoms with van der Waals surface area (Å²) in [5, 5.41) is 0. The lowest BCUT2D eigenvalue weighted by atomic mass is 9.89. The first-order valence-corrected chi connectivity index (χ1v) is 5.66. The van der Waals surface area contributed by atoms with E-state index in [9.17, 15) is 0 Å². The standard InChI is InChI=1S/C13H20/c1-3-10(2)13-8-11-6-4-5-7-12(11)9-13/h4-6,10,12-13H,3,7-9H2,1-2H3. The molecule has 13 heavy (non-hydrogen) atoms. The Bertz CT molecular complexity index is 234. The van der Waals surface area contributed by atoms with Crippen molar-refractivity contribution in [1.29, 1.82) is 0 Å². The fourth-order valence-corrected chi connectivity index (χ4v) is 2.72. The van der Waals surface area contributed by atoms with Crippen LogP contribution in [0.2, 0.25) is 0 Å². The third-order valence-corrected chi connectivity index (χ3v) is 3.93. The normalized spacial score (nSPS) is 34.2. The first-order chi connectivity index (χ1) is 6.31. The Hall–Kier alpha value is -0.520. The molecule has 0 spiro atoms. The van der Waals surface area contributed by atoms with Gasteiger partial charge in [0.1, 0.15) is 0 Å². The average molecular weight is 176 g/mol. The first kappa shape index (κ1) is 9.05. The second kappa shape index (κ2) is 3.69. The third kappa shape index (κ3) is 1.72. The molecule has 2 rings (SSSR count). The minimum Gasteiger partial charge on any atom is -0.0839 e. The summed E-state index contributed by atoms with van der Waals surface area (Å²) in [5.41, 5.74) is 1.73. The Morgan fingerprint density at radius 1 is 1.54 bits per heavy atom. The van der Waals surface area contributed by atoms with E-state index >= 15 is 0 Å². The molecular formula is C13H20. The first-order valence-electron chi connectivity index (χ1n) is 5.66. The highest BCUT2D eigenvalue weighted by molar-refractivity contribution is 5.24. The van der Waals surface area contributed by atoms with Crippen LogP contribution in [0.5, 0.6) is 0 Å². The molecule has 0 N–H and O–H groups in total. The maximum Gasteiger partial charge on any atom is -0.0162 e. The van der Waals surface area contributed by atoms with Gasteiger partial charge in [0.25, 0.3) is 0 Å². The second-order valence-electron chi connectivity index (χ2n) is 4.69.